The molecule has 0 aliphatic carbocycles. The van der Waals surface area contributed by atoms with E-state index in [1.165, 1.54) is 0 Å². The number of rotatable bonds is 3. The zero-order chi connectivity index (χ0) is 14.8. The fraction of sp³-hybridized carbons (Fsp3) is 0.214. The Balaban J connectivity index is 1.80. The van der Waals surface area contributed by atoms with E-state index < -0.39 is 6.04 Å². The van der Waals surface area contributed by atoms with Gasteiger partial charge < -0.3 is 10.6 Å². The fourth-order valence-corrected chi connectivity index (χ4v) is 2.42. The number of carbonyl (C=O) groups is 2. The standard InChI is InChI=1S/C14H13ClN4O2/c15-9-2-1-3-10(8-9)19-12(6-7-16-19)18-14(21)11-4-5-13(20)17-11/h1-3,6-8,11H,4-5H2,(H,17,20)(H,18,21)/t11-/m1/s1. The van der Waals surface area contributed by atoms with E-state index in [-0.39, 0.29) is 11.8 Å². The van der Waals surface area contributed by atoms with E-state index in [9.17, 15) is 9.59 Å². The first-order chi connectivity index (χ1) is 10.1. The number of carbonyl (C=O) groups excluding carboxylic acids is 2. The minimum atomic E-state index is -0.486. The summed E-state index contributed by atoms with van der Waals surface area (Å²) in [5, 5.41) is 10.2. The Morgan fingerprint density at radius 2 is 2.29 bits per heavy atom. The molecule has 2 N–H and O–H groups in total. The zero-order valence-electron chi connectivity index (χ0n) is 11.0. The average Bonchev–Trinajstić information content (AvgIpc) is 3.08. The van der Waals surface area contributed by atoms with Gasteiger partial charge in [0.05, 0.1) is 11.9 Å². The molecule has 1 fully saturated rings. The molecule has 0 spiro atoms. The van der Waals surface area contributed by atoms with Gasteiger partial charge in [0.1, 0.15) is 11.9 Å². The highest BCUT2D eigenvalue weighted by atomic mass is 35.5. The van der Waals surface area contributed by atoms with Crippen molar-refractivity contribution in [1.82, 2.24) is 15.1 Å². The Kier molecular flexibility index (Phi) is 3.62. The van der Waals surface area contributed by atoms with E-state index in [4.69, 9.17) is 11.6 Å². The van der Waals surface area contributed by atoms with Gasteiger partial charge in [-0.3, -0.25) is 9.59 Å². The highest BCUT2D eigenvalue weighted by Gasteiger charge is 2.27. The largest absolute Gasteiger partial charge is 0.344 e. The quantitative estimate of drug-likeness (QED) is 0.907. The van der Waals surface area contributed by atoms with E-state index in [2.05, 4.69) is 15.7 Å². The highest BCUT2D eigenvalue weighted by Crippen LogP contribution is 2.19. The Morgan fingerprint density at radius 1 is 1.43 bits per heavy atom. The summed E-state index contributed by atoms with van der Waals surface area (Å²) in [5.41, 5.74) is 0.748. The van der Waals surface area contributed by atoms with Crippen LogP contribution in [0.25, 0.3) is 5.69 Å². The van der Waals surface area contributed by atoms with Crippen molar-refractivity contribution in [3.05, 3.63) is 41.6 Å². The predicted octanol–water partition coefficient (Wildman–Crippen LogP) is 1.74. The maximum atomic E-state index is 12.1. The van der Waals surface area contributed by atoms with Crippen LogP contribution in [0.3, 0.4) is 0 Å². The number of nitrogens with one attached hydrogen (secondary N) is 2. The van der Waals surface area contributed by atoms with Crippen LogP contribution in [0.15, 0.2) is 36.5 Å². The third-order valence-electron chi connectivity index (χ3n) is 3.26. The number of halogens is 1. The maximum absolute atomic E-state index is 12.1. The molecule has 0 radical (unpaired) electrons. The first-order valence-corrected chi connectivity index (χ1v) is 6.91. The molecule has 2 heterocycles. The van der Waals surface area contributed by atoms with Gasteiger partial charge in [0.2, 0.25) is 11.8 Å². The normalized spacial score (nSPS) is 17.6. The van der Waals surface area contributed by atoms with Crippen LogP contribution < -0.4 is 10.6 Å². The second-order valence-electron chi connectivity index (χ2n) is 4.76. The molecule has 0 unspecified atom stereocenters. The van der Waals surface area contributed by atoms with Crippen LogP contribution in [0.2, 0.25) is 5.02 Å². The topological polar surface area (TPSA) is 76.0 Å². The van der Waals surface area contributed by atoms with Gasteiger partial charge in [-0.15, -0.1) is 0 Å². The molecule has 0 saturated carbocycles. The van der Waals surface area contributed by atoms with Crippen LogP contribution in [-0.2, 0) is 9.59 Å². The number of anilines is 1. The fourth-order valence-electron chi connectivity index (χ4n) is 2.24. The van der Waals surface area contributed by atoms with Gasteiger partial charge in [0.15, 0.2) is 0 Å². The van der Waals surface area contributed by atoms with Gasteiger partial charge in [-0.2, -0.15) is 5.10 Å². The summed E-state index contributed by atoms with van der Waals surface area (Å²) in [6.45, 7) is 0. The van der Waals surface area contributed by atoms with Crippen LogP contribution in [0.4, 0.5) is 5.82 Å². The first kappa shape index (κ1) is 13.6. The van der Waals surface area contributed by atoms with Crippen LogP contribution in [0.5, 0.6) is 0 Å². The minimum absolute atomic E-state index is 0.0986. The Bertz CT molecular complexity index is 698. The summed E-state index contributed by atoms with van der Waals surface area (Å²) in [7, 11) is 0. The van der Waals surface area contributed by atoms with Crippen molar-refractivity contribution in [3.63, 3.8) is 0 Å². The predicted molar refractivity (Wildman–Crippen MR) is 78.4 cm³/mol. The van der Waals surface area contributed by atoms with Crippen molar-refractivity contribution in [1.29, 1.82) is 0 Å². The third kappa shape index (κ3) is 2.90. The molecule has 1 aromatic carbocycles. The highest BCUT2D eigenvalue weighted by molar-refractivity contribution is 6.30. The molecule has 21 heavy (non-hydrogen) atoms. The van der Waals surface area contributed by atoms with E-state index in [1.807, 2.05) is 12.1 Å². The molecule has 0 bridgehead atoms. The number of amides is 2. The number of hydrogen-bond donors (Lipinski definition) is 2. The molecule has 6 nitrogen and oxygen atoms in total. The van der Waals surface area contributed by atoms with Crippen LogP contribution in [-0.4, -0.2) is 27.6 Å². The van der Waals surface area contributed by atoms with Crippen molar-refractivity contribution >= 4 is 29.2 Å². The van der Waals surface area contributed by atoms with Crippen molar-refractivity contribution in [3.8, 4) is 5.69 Å². The lowest BCUT2D eigenvalue weighted by atomic mass is 10.2. The molecule has 7 heteroatoms. The molecule has 1 aromatic heterocycles. The molecule has 1 atom stereocenters. The summed E-state index contributed by atoms with van der Waals surface area (Å²) in [4.78, 5) is 23.3. The van der Waals surface area contributed by atoms with Gasteiger partial charge in [-0.25, -0.2) is 4.68 Å². The van der Waals surface area contributed by atoms with Gasteiger partial charge >= 0.3 is 0 Å². The Labute approximate surface area is 126 Å². The number of hydrogen-bond acceptors (Lipinski definition) is 3. The summed E-state index contributed by atoms with van der Waals surface area (Å²) in [5.74, 6) is 0.187. The maximum Gasteiger partial charge on any atom is 0.248 e. The summed E-state index contributed by atoms with van der Waals surface area (Å²) < 4.78 is 1.58. The van der Waals surface area contributed by atoms with E-state index in [1.54, 1.807) is 29.1 Å². The molecule has 2 aromatic rings. The van der Waals surface area contributed by atoms with Gasteiger partial charge in [0, 0.05) is 17.5 Å². The lowest BCUT2D eigenvalue weighted by Crippen LogP contribution is -2.37. The number of aromatic nitrogens is 2. The second kappa shape index (κ2) is 5.57. The average molecular weight is 305 g/mol. The zero-order valence-corrected chi connectivity index (χ0v) is 11.8. The van der Waals surface area contributed by atoms with Crippen molar-refractivity contribution in [2.45, 2.75) is 18.9 Å². The molecule has 2 amide bonds. The Morgan fingerprint density at radius 3 is 3.00 bits per heavy atom. The lowest BCUT2D eigenvalue weighted by molar-refractivity contribution is -0.122. The summed E-state index contributed by atoms with van der Waals surface area (Å²) in [6.07, 6.45) is 2.48. The summed E-state index contributed by atoms with van der Waals surface area (Å²) >= 11 is 5.96. The molecule has 108 valence electrons. The molecule has 3 rings (SSSR count). The van der Waals surface area contributed by atoms with Gasteiger partial charge in [-0.1, -0.05) is 17.7 Å². The summed E-state index contributed by atoms with van der Waals surface area (Å²) in [6, 6.07) is 8.37. The van der Waals surface area contributed by atoms with Crippen LogP contribution in [0.1, 0.15) is 12.8 Å². The van der Waals surface area contributed by atoms with Gasteiger partial charge in [-0.05, 0) is 24.6 Å². The van der Waals surface area contributed by atoms with Crippen molar-refractivity contribution in [2.24, 2.45) is 0 Å². The minimum Gasteiger partial charge on any atom is -0.344 e. The monoisotopic (exact) mass is 304 g/mol. The molecule has 1 aliphatic heterocycles. The lowest BCUT2D eigenvalue weighted by Gasteiger charge is -2.12. The molecule has 1 aliphatic rings. The SMILES string of the molecule is O=C1CC[C@H](C(=O)Nc2ccnn2-c2cccc(Cl)c2)N1. The van der Waals surface area contributed by atoms with Gasteiger partial charge in [0.25, 0.3) is 0 Å². The van der Waals surface area contributed by atoms with E-state index >= 15 is 0 Å². The first-order valence-electron chi connectivity index (χ1n) is 6.54. The smallest absolute Gasteiger partial charge is 0.248 e. The number of benzene rings is 1. The number of nitrogens with zero attached hydrogens (tertiary/aromatic N) is 2. The molecular weight excluding hydrogens is 292 g/mol. The second-order valence-corrected chi connectivity index (χ2v) is 5.19. The Hall–Kier alpha value is -2.34. The van der Waals surface area contributed by atoms with Crippen LogP contribution in [0, 0.1) is 0 Å². The molecule has 1 saturated heterocycles. The van der Waals surface area contributed by atoms with Crippen LogP contribution >= 0.6 is 11.6 Å². The van der Waals surface area contributed by atoms with Crippen molar-refractivity contribution < 1.29 is 9.59 Å². The molecular formula is C14H13ClN4O2. The van der Waals surface area contributed by atoms with Crippen molar-refractivity contribution in [2.75, 3.05) is 5.32 Å². The third-order valence-corrected chi connectivity index (χ3v) is 3.49. The van der Waals surface area contributed by atoms with E-state index in [0.717, 1.165) is 5.69 Å². The van der Waals surface area contributed by atoms with E-state index in [0.29, 0.717) is 23.7 Å².